The summed E-state index contributed by atoms with van der Waals surface area (Å²) in [7, 11) is 0. The monoisotopic (exact) mass is 534 g/mol. The summed E-state index contributed by atoms with van der Waals surface area (Å²) in [5.41, 5.74) is 1.39. The molecule has 0 saturated carbocycles. The van der Waals surface area contributed by atoms with E-state index in [0.29, 0.717) is 24.2 Å². The van der Waals surface area contributed by atoms with E-state index in [1.807, 2.05) is 6.92 Å². The number of alkyl halides is 6. The van der Waals surface area contributed by atoms with Gasteiger partial charge < -0.3 is 9.47 Å². The van der Waals surface area contributed by atoms with Crippen molar-refractivity contribution in [3.05, 3.63) is 42.2 Å². The molecule has 0 aliphatic rings. The van der Waals surface area contributed by atoms with Crippen LogP contribution < -0.4 is 4.74 Å². The first-order chi connectivity index (χ1) is 17.5. The number of hydrogen-bond acceptors (Lipinski definition) is 4. The molecule has 37 heavy (non-hydrogen) atoms. The first-order valence-corrected chi connectivity index (χ1v) is 12.9. The zero-order valence-corrected chi connectivity index (χ0v) is 21.4. The van der Waals surface area contributed by atoms with Crippen LogP contribution in [0.3, 0.4) is 0 Å². The minimum absolute atomic E-state index is 0.0511. The van der Waals surface area contributed by atoms with E-state index in [1.165, 1.54) is 37.8 Å². The third-order valence-electron chi connectivity index (χ3n) is 5.90. The molecule has 1 heterocycles. The maximum Gasteiger partial charge on any atom is 0.473 e. The van der Waals surface area contributed by atoms with Gasteiger partial charge in [0.2, 0.25) is 0 Å². The Kier molecular flexibility index (Phi) is 12.1. The highest BCUT2D eigenvalue weighted by molar-refractivity contribution is 5.55. The summed E-state index contributed by atoms with van der Waals surface area (Å²) in [6, 6.07) is 4.51. The number of unbranched alkanes of at least 4 members (excludes halogenated alkanes) is 8. The molecule has 0 N–H and O–H groups in total. The van der Waals surface area contributed by atoms with E-state index in [1.54, 1.807) is 12.4 Å². The van der Waals surface area contributed by atoms with Crippen molar-refractivity contribution in [1.82, 2.24) is 9.97 Å². The average molecular weight is 535 g/mol. The molecular formula is C27H36F6N2O2. The summed E-state index contributed by atoms with van der Waals surface area (Å²) in [4.78, 5) is 8.53. The number of halogens is 6. The van der Waals surface area contributed by atoms with Crippen LogP contribution in [-0.2, 0) is 11.2 Å². The second-order valence-electron chi connectivity index (χ2n) is 9.08. The quantitative estimate of drug-likeness (QED) is 0.142. The first-order valence-electron chi connectivity index (χ1n) is 12.9. The van der Waals surface area contributed by atoms with E-state index in [0.717, 1.165) is 43.4 Å². The van der Waals surface area contributed by atoms with Crippen molar-refractivity contribution in [1.29, 1.82) is 0 Å². The molecule has 2 rings (SSSR count). The Labute approximate surface area is 214 Å². The maximum absolute atomic E-state index is 14.1. The highest BCUT2D eigenvalue weighted by Gasteiger charge is 2.75. The molecule has 0 unspecified atom stereocenters. The topological polar surface area (TPSA) is 44.2 Å². The lowest BCUT2D eigenvalue weighted by Gasteiger charge is -2.31. The van der Waals surface area contributed by atoms with Crippen LogP contribution in [0, 0.1) is 0 Å². The Morgan fingerprint density at radius 2 is 1.22 bits per heavy atom. The predicted molar refractivity (Wildman–Crippen MR) is 130 cm³/mol. The van der Waals surface area contributed by atoms with Crippen LogP contribution in [0.5, 0.6) is 5.75 Å². The largest absolute Gasteiger partial charge is 0.473 e. The number of aryl methyl sites for hydroxylation is 1. The molecule has 4 nitrogen and oxygen atoms in total. The molecule has 0 amide bonds. The smallest absolute Gasteiger partial charge is 0.428 e. The van der Waals surface area contributed by atoms with Crippen molar-refractivity contribution in [3.63, 3.8) is 0 Å². The molecular weight excluding hydrogens is 498 g/mol. The Morgan fingerprint density at radius 3 is 1.81 bits per heavy atom. The van der Waals surface area contributed by atoms with Crippen molar-refractivity contribution in [2.24, 2.45) is 0 Å². The van der Waals surface area contributed by atoms with Gasteiger partial charge in [-0.3, -0.25) is 0 Å². The van der Waals surface area contributed by atoms with Gasteiger partial charge in [-0.05, 0) is 49.1 Å². The minimum atomic E-state index is -5.89. The molecule has 0 radical (unpaired) electrons. The van der Waals surface area contributed by atoms with Crippen molar-refractivity contribution in [3.8, 4) is 17.1 Å². The molecule has 1 aromatic heterocycles. The van der Waals surface area contributed by atoms with Gasteiger partial charge in [-0.1, -0.05) is 65.2 Å². The molecule has 10 heteroatoms. The van der Waals surface area contributed by atoms with Crippen molar-refractivity contribution in [2.75, 3.05) is 6.61 Å². The third kappa shape index (κ3) is 9.16. The molecule has 0 saturated heterocycles. The molecule has 208 valence electrons. The number of rotatable bonds is 18. The van der Waals surface area contributed by atoms with Gasteiger partial charge >= 0.3 is 18.1 Å². The van der Waals surface area contributed by atoms with Crippen molar-refractivity contribution in [2.45, 2.75) is 103 Å². The first kappa shape index (κ1) is 30.9. The molecule has 0 aliphatic heterocycles. The van der Waals surface area contributed by atoms with Gasteiger partial charge in [-0.15, -0.1) is 0 Å². The lowest BCUT2D eigenvalue weighted by atomic mass is 10.1. The fraction of sp³-hybridized carbons (Fsp3) is 0.630. The summed E-state index contributed by atoms with van der Waals surface area (Å²) >= 11 is 0. The van der Waals surface area contributed by atoms with Crippen LogP contribution in [0.15, 0.2) is 36.7 Å². The van der Waals surface area contributed by atoms with Crippen LogP contribution in [0.1, 0.15) is 83.6 Å². The summed E-state index contributed by atoms with van der Waals surface area (Å²) < 4.78 is 91.8. The lowest BCUT2D eigenvalue weighted by molar-refractivity contribution is -0.434. The van der Waals surface area contributed by atoms with Gasteiger partial charge in [0, 0.05) is 18.0 Å². The summed E-state index contributed by atoms with van der Waals surface area (Å²) in [6.07, 6.45) is 2.27. The molecule has 1 aromatic carbocycles. The Bertz CT molecular complexity index is 908. The zero-order chi connectivity index (χ0) is 27.4. The summed E-state index contributed by atoms with van der Waals surface area (Å²) in [5.74, 6) is -6.30. The summed E-state index contributed by atoms with van der Waals surface area (Å²) in [5, 5.41) is 0. The van der Waals surface area contributed by atoms with E-state index < -0.39 is 30.5 Å². The number of benzene rings is 1. The predicted octanol–water partition coefficient (Wildman–Crippen LogP) is 8.84. The normalized spacial score (nSPS) is 12.6. The van der Waals surface area contributed by atoms with Crippen LogP contribution in [0.4, 0.5) is 26.3 Å². The van der Waals surface area contributed by atoms with E-state index in [9.17, 15) is 26.3 Å². The number of aromatic nitrogens is 2. The highest BCUT2D eigenvalue weighted by atomic mass is 19.4. The lowest BCUT2D eigenvalue weighted by Crippen LogP contribution is -2.58. The molecule has 0 fully saturated rings. The van der Waals surface area contributed by atoms with Crippen LogP contribution in [0.25, 0.3) is 11.4 Å². The van der Waals surface area contributed by atoms with E-state index >= 15 is 0 Å². The molecule has 0 aliphatic carbocycles. The number of hydrogen-bond donors (Lipinski definition) is 0. The van der Waals surface area contributed by atoms with Gasteiger partial charge in [0.15, 0.2) is 5.82 Å². The van der Waals surface area contributed by atoms with Gasteiger partial charge in [-0.25, -0.2) is 9.97 Å². The fourth-order valence-electron chi connectivity index (χ4n) is 3.62. The maximum atomic E-state index is 14.1. The van der Waals surface area contributed by atoms with E-state index in [2.05, 4.69) is 26.4 Å². The minimum Gasteiger partial charge on any atom is -0.428 e. The fourth-order valence-corrected chi connectivity index (χ4v) is 3.62. The standard InChI is InChI=1S/C27H36F6N2O2/c1-3-5-7-9-10-11-13-21-19-34-24(35-20-21)22-14-16-23(17-15-22)37-27(32,33)25(28,29)26(30,31)36-18-12-8-6-4-2/h14-17,19-20H,3-13,18H2,1-2H3. The van der Waals surface area contributed by atoms with E-state index in [4.69, 9.17) is 0 Å². The zero-order valence-electron chi connectivity index (χ0n) is 21.4. The van der Waals surface area contributed by atoms with Gasteiger partial charge in [-0.2, -0.15) is 26.3 Å². The highest BCUT2D eigenvalue weighted by Crippen LogP contribution is 2.47. The van der Waals surface area contributed by atoms with E-state index in [-0.39, 0.29) is 6.42 Å². The number of ether oxygens (including phenoxy) is 2. The Hall–Kier alpha value is -2.36. The molecule has 0 bridgehead atoms. The van der Waals surface area contributed by atoms with Crippen LogP contribution in [0.2, 0.25) is 0 Å². The van der Waals surface area contributed by atoms with Gasteiger partial charge in [0.1, 0.15) is 5.75 Å². The molecule has 2 aromatic rings. The molecule has 0 atom stereocenters. The van der Waals surface area contributed by atoms with Crippen LogP contribution >= 0.6 is 0 Å². The Balaban J connectivity index is 1.94. The van der Waals surface area contributed by atoms with Gasteiger partial charge in [0.25, 0.3) is 0 Å². The summed E-state index contributed by atoms with van der Waals surface area (Å²) in [6.45, 7) is 3.27. The number of nitrogens with zero attached hydrogens (tertiary/aromatic N) is 2. The van der Waals surface area contributed by atoms with Crippen molar-refractivity contribution >= 4 is 0 Å². The SMILES string of the molecule is CCCCCCCCc1cnc(-c2ccc(OC(F)(F)C(F)(F)C(F)(F)OCCCCCC)cc2)nc1. The third-order valence-corrected chi connectivity index (χ3v) is 5.90. The average Bonchev–Trinajstić information content (AvgIpc) is 2.86. The second-order valence-corrected chi connectivity index (χ2v) is 9.08. The van der Waals surface area contributed by atoms with Gasteiger partial charge in [0.05, 0.1) is 6.61 Å². The van der Waals surface area contributed by atoms with Crippen molar-refractivity contribution < 1.29 is 35.8 Å². The molecule has 0 spiro atoms. The Morgan fingerprint density at radius 1 is 0.676 bits per heavy atom. The van der Waals surface area contributed by atoms with Crippen LogP contribution in [-0.4, -0.2) is 34.7 Å². The second kappa shape index (κ2) is 14.5.